The summed E-state index contributed by atoms with van der Waals surface area (Å²) < 4.78 is 32.4. The van der Waals surface area contributed by atoms with Gasteiger partial charge >= 0.3 is 0 Å². The highest BCUT2D eigenvalue weighted by atomic mass is 79.9. The molecule has 1 heterocycles. The lowest BCUT2D eigenvalue weighted by Crippen LogP contribution is -2.14. The fourth-order valence-corrected chi connectivity index (χ4v) is 4.41. The fraction of sp³-hybridized carbons (Fsp3) is 0. The maximum atomic E-state index is 12.4. The third kappa shape index (κ3) is 3.56. The van der Waals surface area contributed by atoms with E-state index in [1.54, 1.807) is 24.3 Å². The van der Waals surface area contributed by atoms with Crippen molar-refractivity contribution in [1.82, 2.24) is 10.1 Å². The second-order valence-electron chi connectivity index (χ2n) is 4.58. The van der Waals surface area contributed by atoms with E-state index >= 15 is 0 Å². The fourth-order valence-electron chi connectivity index (χ4n) is 1.88. The smallest absolute Gasteiger partial charge is 0.277 e. The van der Waals surface area contributed by atoms with Gasteiger partial charge in [-0.3, -0.25) is 0 Å². The Morgan fingerprint density at radius 1 is 1.12 bits per heavy atom. The van der Waals surface area contributed by atoms with E-state index in [0.717, 1.165) is 0 Å². The quantitative estimate of drug-likeness (QED) is 0.629. The number of nitrogens with one attached hydrogen (secondary N) is 1. The van der Waals surface area contributed by atoms with E-state index in [0.29, 0.717) is 20.1 Å². The second kappa shape index (κ2) is 6.72. The molecule has 2 aromatic carbocycles. The lowest BCUT2D eigenvalue weighted by Gasteiger charge is -2.06. The van der Waals surface area contributed by atoms with Crippen LogP contribution in [0.25, 0.3) is 11.5 Å². The third-order valence-corrected chi connectivity index (χ3v) is 5.81. The van der Waals surface area contributed by atoms with E-state index in [1.165, 1.54) is 18.2 Å². The minimum absolute atomic E-state index is 0.00371. The van der Waals surface area contributed by atoms with Crippen molar-refractivity contribution in [2.45, 2.75) is 4.90 Å². The summed E-state index contributed by atoms with van der Waals surface area (Å²) in [5, 5.41) is 4.43. The van der Waals surface area contributed by atoms with Gasteiger partial charge in [-0.05, 0) is 51.4 Å². The first kappa shape index (κ1) is 17.2. The molecule has 10 heteroatoms. The number of rotatable bonds is 4. The number of halogens is 3. The highest BCUT2D eigenvalue weighted by Crippen LogP contribution is 2.29. The Balaban J connectivity index is 1.90. The van der Waals surface area contributed by atoms with Crippen LogP contribution >= 0.6 is 39.1 Å². The molecular formula is C14H8BrCl2N3O3S. The first-order chi connectivity index (χ1) is 11.4. The predicted molar refractivity (Wildman–Crippen MR) is 94.7 cm³/mol. The van der Waals surface area contributed by atoms with Gasteiger partial charge in [-0.1, -0.05) is 35.3 Å². The number of sulfonamides is 1. The molecule has 1 N–H and O–H groups in total. The molecule has 24 heavy (non-hydrogen) atoms. The van der Waals surface area contributed by atoms with Crippen molar-refractivity contribution < 1.29 is 12.9 Å². The van der Waals surface area contributed by atoms with Gasteiger partial charge in [-0.15, -0.1) is 0 Å². The minimum atomic E-state index is -3.91. The van der Waals surface area contributed by atoms with Gasteiger partial charge in [0, 0.05) is 9.50 Å². The molecule has 3 rings (SSSR count). The zero-order valence-electron chi connectivity index (χ0n) is 11.7. The molecule has 0 atom stereocenters. The van der Waals surface area contributed by atoms with E-state index in [1.807, 2.05) is 0 Å². The number of nitrogens with zero attached hydrogens (tertiary/aromatic N) is 2. The van der Waals surface area contributed by atoms with Gasteiger partial charge in [0.25, 0.3) is 21.9 Å². The van der Waals surface area contributed by atoms with E-state index in [2.05, 4.69) is 30.8 Å². The van der Waals surface area contributed by atoms with Gasteiger partial charge in [-0.25, -0.2) is 13.1 Å². The molecule has 124 valence electrons. The SMILES string of the molecule is O=S(=O)(Nc1noc(-c2ccccc2Cl)n1)c1ccc(Cl)cc1Br. The van der Waals surface area contributed by atoms with E-state index in [4.69, 9.17) is 27.7 Å². The zero-order valence-corrected chi connectivity index (χ0v) is 15.6. The number of aromatic nitrogens is 2. The van der Waals surface area contributed by atoms with Gasteiger partial charge in [-0.2, -0.15) is 4.98 Å². The van der Waals surface area contributed by atoms with Crippen molar-refractivity contribution in [3.63, 3.8) is 0 Å². The van der Waals surface area contributed by atoms with Gasteiger partial charge in [0.1, 0.15) is 4.90 Å². The lowest BCUT2D eigenvalue weighted by atomic mass is 10.2. The number of hydrogen-bond donors (Lipinski definition) is 1. The van der Waals surface area contributed by atoms with Crippen LogP contribution in [0.3, 0.4) is 0 Å². The predicted octanol–water partition coefficient (Wildman–Crippen LogP) is 4.61. The van der Waals surface area contributed by atoms with Crippen LogP contribution in [-0.2, 0) is 10.0 Å². The maximum Gasteiger partial charge on any atom is 0.277 e. The summed E-state index contributed by atoms with van der Waals surface area (Å²) in [6.45, 7) is 0. The van der Waals surface area contributed by atoms with Crippen molar-refractivity contribution in [3.8, 4) is 11.5 Å². The Labute approximate surface area is 156 Å². The van der Waals surface area contributed by atoms with Crippen molar-refractivity contribution in [3.05, 3.63) is 57.0 Å². The van der Waals surface area contributed by atoms with Crippen LogP contribution in [-0.4, -0.2) is 18.6 Å². The molecule has 0 unspecified atom stereocenters. The molecule has 0 fully saturated rings. The monoisotopic (exact) mass is 447 g/mol. The highest BCUT2D eigenvalue weighted by Gasteiger charge is 2.21. The summed E-state index contributed by atoms with van der Waals surface area (Å²) in [6, 6.07) is 11.2. The summed E-state index contributed by atoms with van der Waals surface area (Å²) in [5.74, 6) is -0.0970. The first-order valence-corrected chi connectivity index (χ1v) is 9.46. The van der Waals surface area contributed by atoms with Gasteiger partial charge in [0.15, 0.2) is 0 Å². The molecule has 0 saturated heterocycles. The molecule has 1 aromatic heterocycles. The summed E-state index contributed by atoms with van der Waals surface area (Å²) in [7, 11) is -3.91. The molecule has 0 aliphatic carbocycles. The average Bonchev–Trinajstić information content (AvgIpc) is 2.94. The molecule has 0 bridgehead atoms. The topological polar surface area (TPSA) is 85.1 Å². The van der Waals surface area contributed by atoms with Crippen LogP contribution in [0.2, 0.25) is 10.0 Å². The van der Waals surface area contributed by atoms with Crippen molar-refractivity contribution in [2.75, 3.05) is 4.72 Å². The van der Waals surface area contributed by atoms with Crippen molar-refractivity contribution in [2.24, 2.45) is 0 Å². The Bertz CT molecular complexity index is 1010. The summed E-state index contributed by atoms with van der Waals surface area (Å²) in [4.78, 5) is 4.00. The molecule has 0 amide bonds. The molecule has 0 spiro atoms. The van der Waals surface area contributed by atoms with E-state index in [-0.39, 0.29) is 16.7 Å². The van der Waals surface area contributed by atoms with Crippen LogP contribution < -0.4 is 4.72 Å². The molecule has 0 aliphatic heterocycles. The molecule has 0 radical (unpaired) electrons. The first-order valence-electron chi connectivity index (χ1n) is 6.43. The third-order valence-electron chi connectivity index (χ3n) is 2.94. The van der Waals surface area contributed by atoms with Crippen molar-refractivity contribution in [1.29, 1.82) is 0 Å². The second-order valence-corrected chi connectivity index (χ2v) is 7.93. The van der Waals surface area contributed by atoms with Crippen LogP contribution in [0.4, 0.5) is 5.95 Å². The summed E-state index contributed by atoms with van der Waals surface area (Å²) in [6.07, 6.45) is 0. The standard InChI is InChI=1S/C14H8BrCl2N3O3S/c15-10-7-8(16)5-6-12(10)24(21,22)20-14-18-13(23-19-14)9-3-1-2-4-11(9)17/h1-7H,(H,19,20). The number of benzene rings is 2. The van der Waals surface area contributed by atoms with E-state index < -0.39 is 10.0 Å². The van der Waals surface area contributed by atoms with Crippen LogP contribution in [0.15, 0.2) is 56.4 Å². The van der Waals surface area contributed by atoms with E-state index in [9.17, 15) is 8.42 Å². The molecular weight excluding hydrogens is 441 g/mol. The minimum Gasteiger partial charge on any atom is -0.332 e. The molecule has 0 aliphatic rings. The molecule has 3 aromatic rings. The van der Waals surface area contributed by atoms with Crippen LogP contribution in [0.1, 0.15) is 0 Å². The Morgan fingerprint density at radius 2 is 1.88 bits per heavy atom. The molecule has 0 saturated carbocycles. The van der Waals surface area contributed by atoms with Gasteiger partial charge in [0.2, 0.25) is 0 Å². The van der Waals surface area contributed by atoms with Gasteiger partial charge in [0.05, 0.1) is 10.6 Å². The Hall–Kier alpha value is -1.61. The average molecular weight is 449 g/mol. The molecule has 6 nitrogen and oxygen atoms in total. The zero-order chi connectivity index (χ0) is 17.3. The summed E-state index contributed by atoms with van der Waals surface area (Å²) >= 11 is 15.0. The largest absolute Gasteiger partial charge is 0.332 e. The van der Waals surface area contributed by atoms with Crippen LogP contribution in [0, 0.1) is 0 Å². The van der Waals surface area contributed by atoms with Crippen LogP contribution in [0.5, 0.6) is 0 Å². The lowest BCUT2D eigenvalue weighted by molar-refractivity contribution is 0.433. The van der Waals surface area contributed by atoms with Crippen molar-refractivity contribution >= 4 is 55.1 Å². The number of anilines is 1. The van der Waals surface area contributed by atoms with Gasteiger partial charge < -0.3 is 4.52 Å². The maximum absolute atomic E-state index is 12.4. The number of hydrogen-bond acceptors (Lipinski definition) is 5. The Kier molecular flexibility index (Phi) is 4.82. The normalized spacial score (nSPS) is 11.5. The Morgan fingerprint density at radius 3 is 2.58 bits per heavy atom. The summed E-state index contributed by atoms with van der Waals surface area (Å²) in [5.41, 5.74) is 0.504. The highest BCUT2D eigenvalue weighted by molar-refractivity contribution is 9.10.